The van der Waals surface area contributed by atoms with Crippen molar-refractivity contribution in [2.45, 2.75) is 67.9 Å². The van der Waals surface area contributed by atoms with Gasteiger partial charge in [0.15, 0.2) is 0 Å². The topological polar surface area (TPSA) is 172 Å². The van der Waals surface area contributed by atoms with Gasteiger partial charge < -0.3 is 28.5 Å². The standard InChI is InChI=1S/C38H42N6O8.K/c1-10-14-30(34-42-37(46)52-43-34)29(12-3)28-18-16-27(17-19-28)20-44-33(25(8)41-36(44)48-13-4)31(15-11-2)35(45)50-26(9)51-38(47)49-21-32-24(7)39-22(5)23(6)40-32;/h10-12,14-19,26H,1,8,13,20-21H2,2-7,9H3,(H,42,43,46);/q;+1/p-1/b15-11-,29-12-,30-14+,33-31-;. The first-order valence-corrected chi connectivity index (χ1v) is 16.4. The Balaban J connectivity index is 0.00000756. The number of allylic oxidation sites excluding steroid dienone is 6. The predicted octanol–water partition coefficient (Wildman–Crippen LogP) is 1.41. The van der Waals surface area contributed by atoms with Gasteiger partial charge >= 0.3 is 69.3 Å². The van der Waals surface area contributed by atoms with E-state index in [1.807, 2.05) is 58.0 Å². The van der Waals surface area contributed by atoms with Crippen LogP contribution in [0.2, 0.25) is 0 Å². The van der Waals surface area contributed by atoms with Gasteiger partial charge in [-0.2, -0.15) is 4.98 Å². The molecule has 1 aromatic carbocycles. The summed E-state index contributed by atoms with van der Waals surface area (Å²) in [6, 6.07) is 7.86. The molecular weight excluding hydrogens is 708 g/mol. The number of aryl methyl sites for hydroxylation is 3. The molecule has 1 atom stereocenters. The van der Waals surface area contributed by atoms with Crippen LogP contribution in [0.25, 0.3) is 23.3 Å². The van der Waals surface area contributed by atoms with E-state index in [-0.39, 0.29) is 87.3 Å². The van der Waals surface area contributed by atoms with E-state index in [4.69, 9.17) is 18.9 Å². The molecule has 272 valence electrons. The molecular formula is C38H41KN6O8. The van der Waals surface area contributed by atoms with E-state index < -0.39 is 24.2 Å². The Morgan fingerprint density at radius 2 is 1.72 bits per heavy atom. The van der Waals surface area contributed by atoms with Crippen LogP contribution in [0.4, 0.5) is 4.79 Å². The number of aromatic nitrogens is 6. The minimum atomic E-state index is -1.30. The van der Waals surface area contributed by atoms with Crippen molar-refractivity contribution in [2.75, 3.05) is 6.61 Å². The van der Waals surface area contributed by atoms with E-state index in [9.17, 15) is 14.4 Å². The van der Waals surface area contributed by atoms with E-state index >= 15 is 0 Å². The van der Waals surface area contributed by atoms with Crippen molar-refractivity contribution >= 4 is 35.4 Å². The molecule has 0 saturated heterocycles. The van der Waals surface area contributed by atoms with Crippen LogP contribution < -0.4 is 77.6 Å². The van der Waals surface area contributed by atoms with Crippen molar-refractivity contribution < 1.29 is 84.4 Å². The van der Waals surface area contributed by atoms with E-state index in [0.717, 1.165) is 28.1 Å². The molecule has 0 aliphatic heterocycles. The summed E-state index contributed by atoms with van der Waals surface area (Å²) in [6.45, 7) is 20.5. The molecule has 4 aromatic rings. The van der Waals surface area contributed by atoms with Crippen molar-refractivity contribution in [1.29, 1.82) is 0 Å². The Hall–Kier alpha value is -4.67. The number of hydrogen-bond acceptors (Lipinski definition) is 12. The Morgan fingerprint density at radius 1 is 1.02 bits per heavy atom. The largest absolute Gasteiger partial charge is 1.00 e. The van der Waals surface area contributed by atoms with Crippen LogP contribution in [0.1, 0.15) is 67.4 Å². The fraction of sp³-hybridized carbons (Fsp3) is 0.289. The summed E-state index contributed by atoms with van der Waals surface area (Å²) in [7, 11) is 0. The molecule has 3 aromatic heterocycles. The smallest absolute Gasteiger partial charge is 0.465 e. The first-order chi connectivity index (χ1) is 24.9. The van der Waals surface area contributed by atoms with E-state index in [0.29, 0.717) is 28.9 Å². The average Bonchev–Trinajstić information content (AvgIpc) is 3.66. The zero-order chi connectivity index (χ0) is 37.9. The summed E-state index contributed by atoms with van der Waals surface area (Å²) in [6.07, 6.45) is 6.03. The summed E-state index contributed by atoms with van der Waals surface area (Å²) < 4.78 is 28.2. The quantitative estimate of drug-likeness (QED) is 0.0786. The number of carbonyl (C=O) groups is 2. The zero-order valence-electron chi connectivity index (χ0n) is 31.3. The Labute approximate surface area is 349 Å². The van der Waals surface area contributed by atoms with Gasteiger partial charge in [0.25, 0.3) is 6.01 Å². The molecule has 0 bridgehead atoms. The molecule has 53 heavy (non-hydrogen) atoms. The molecule has 14 nitrogen and oxygen atoms in total. The van der Waals surface area contributed by atoms with Crippen LogP contribution in [0, 0.1) is 20.8 Å². The van der Waals surface area contributed by atoms with Gasteiger partial charge in [0.1, 0.15) is 6.61 Å². The van der Waals surface area contributed by atoms with Crippen LogP contribution in [0.15, 0.2) is 70.5 Å². The molecule has 3 heterocycles. The molecule has 0 amide bonds. The first-order valence-electron chi connectivity index (χ1n) is 16.4. The minimum Gasteiger partial charge on any atom is -0.465 e. The van der Waals surface area contributed by atoms with Crippen LogP contribution >= 0.6 is 0 Å². The second-order valence-corrected chi connectivity index (χ2v) is 11.3. The van der Waals surface area contributed by atoms with Crippen LogP contribution in [-0.2, 0) is 32.2 Å². The number of benzene rings is 1. The zero-order valence-corrected chi connectivity index (χ0v) is 34.4. The summed E-state index contributed by atoms with van der Waals surface area (Å²) in [5, 5.41) is 4.41. The number of imidazole rings is 1. The maximum absolute atomic E-state index is 13.6. The second-order valence-electron chi connectivity index (χ2n) is 11.3. The monoisotopic (exact) mass is 748 g/mol. The van der Waals surface area contributed by atoms with Gasteiger partial charge in [0.05, 0.1) is 52.2 Å². The summed E-state index contributed by atoms with van der Waals surface area (Å²) in [5.74, 6) is -1.44. The molecule has 0 spiro atoms. The van der Waals surface area contributed by atoms with Crippen LogP contribution in [0.5, 0.6) is 6.01 Å². The molecule has 0 aliphatic rings. The number of nitrogens with zero attached hydrogens (tertiary/aromatic N) is 6. The molecule has 0 fully saturated rings. The molecule has 15 heteroatoms. The number of esters is 1. The van der Waals surface area contributed by atoms with Gasteiger partial charge in [0, 0.05) is 6.92 Å². The summed E-state index contributed by atoms with van der Waals surface area (Å²) in [4.78, 5) is 54.8. The third kappa shape index (κ3) is 10.9. The van der Waals surface area contributed by atoms with Crippen molar-refractivity contribution in [3.8, 4) is 6.01 Å². The van der Waals surface area contributed by atoms with Gasteiger partial charge in [0.2, 0.25) is 6.29 Å². The fourth-order valence-electron chi connectivity index (χ4n) is 5.18. The molecule has 1 unspecified atom stereocenters. The molecule has 0 N–H and O–H groups in total. The SMILES string of the molecule is C=C/C=C(\C(=C/C)c1ccc(Cn2c(OCC)nc(=C)/c2=C(\C=C/C)C(=O)OC(C)OC(=O)OCc2nc(C)c(C)nc2C)cc1)c1noc(=O)[n-]1.[K+]. The van der Waals surface area contributed by atoms with Crippen molar-refractivity contribution in [2.24, 2.45) is 0 Å². The molecule has 0 aliphatic carbocycles. The van der Waals surface area contributed by atoms with Gasteiger partial charge in [-0.15, -0.1) is 0 Å². The number of rotatable bonds is 14. The second kappa shape index (κ2) is 20.0. The molecule has 0 radical (unpaired) electrons. The predicted molar refractivity (Wildman–Crippen MR) is 193 cm³/mol. The van der Waals surface area contributed by atoms with Crippen molar-refractivity contribution in [1.82, 2.24) is 29.7 Å². The maximum atomic E-state index is 13.6. The molecule has 4 rings (SSSR count). The number of carbonyl (C=O) groups excluding carboxylic acids is 2. The van der Waals surface area contributed by atoms with Gasteiger partial charge in [-0.3, -0.25) is 19.7 Å². The van der Waals surface area contributed by atoms with Gasteiger partial charge in [-0.1, -0.05) is 61.7 Å². The average molecular weight is 749 g/mol. The van der Waals surface area contributed by atoms with Gasteiger partial charge in [-0.25, -0.2) is 14.4 Å². The van der Waals surface area contributed by atoms with Crippen molar-refractivity contribution in [3.05, 3.63) is 122 Å². The summed E-state index contributed by atoms with van der Waals surface area (Å²) in [5.41, 5.74) is 5.71. The molecule has 0 saturated carbocycles. The minimum absolute atomic E-state index is 0. The number of ether oxygens (including phenoxy) is 4. The van der Waals surface area contributed by atoms with E-state index in [2.05, 4.69) is 42.8 Å². The number of hydrogen-bond donors (Lipinski definition) is 0. The fourth-order valence-corrected chi connectivity index (χ4v) is 5.18. The normalized spacial score (nSPS) is 12.9. The third-order valence-corrected chi connectivity index (χ3v) is 7.65. The summed E-state index contributed by atoms with van der Waals surface area (Å²) >= 11 is 0. The van der Waals surface area contributed by atoms with Crippen molar-refractivity contribution in [3.63, 3.8) is 0 Å². The Kier molecular flexibility index (Phi) is 16.1. The Bertz CT molecular complexity index is 2210. The maximum Gasteiger partial charge on any atom is 1.00 e. The van der Waals surface area contributed by atoms with Crippen LogP contribution in [0.3, 0.4) is 0 Å². The van der Waals surface area contributed by atoms with E-state index in [1.165, 1.54) is 6.92 Å². The third-order valence-electron chi connectivity index (χ3n) is 7.65. The van der Waals surface area contributed by atoms with E-state index in [1.54, 1.807) is 42.7 Å². The van der Waals surface area contributed by atoms with Gasteiger partial charge in [-0.05, 0) is 75.7 Å². The van der Waals surface area contributed by atoms with Crippen LogP contribution in [-0.4, -0.2) is 49.7 Å². The first kappa shape index (κ1) is 42.7. The Morgan fingerprint density at radius 3 is 2.32 bits per heavy atom.